The van der Waals surface area contributed by atoms with Gasteiger partial charge in [-0.05, 0) is 12.5 Å². The number of hydrogen-bond donors (Lipinski definition) is 0. The summed E-state index contributed by atoms with van der Waals surface area (Å²) in [6.45, 7) is 2.09. The number of aromatic nitrogens is 2. The van der Waals surface area contributed by atoms with Crippen molar-refractivity contribution in [3.8, 4) is 11.1 Å². The minimum Gasteiger partial charge on any atom is -0.235 e. The van der Waals surface area contributed by atoms with Gasteiger partial charge in [-0.2, -0.15) is 0 Å². The third-order valence-electron chi connectivity index (χ3n) is 2.67. The lowest BCUT2D eigenvalue weighted by Crippen LogP contribution is -1.82. The van der Waals surface area contributed by atoms with Crippen LogP contribution in [0.25, 0.3) is 21.3 Å². The van der Waals surface area contributed by atoms with E-state index < -0.39 is 0 Å². The van der Waals surface area contributed by atoms with Gasteiger partial charge in [0.1, 0.15) is 11.5 Å². The second-order valence-corrected chi connectivity index (χ2v) is 5.32. The quantitative estimate of drug-likeness (QED) is 0.609. The first-order chi connectivity index (χ1) is 8.27. The van der Waals surface area contributed by atoms with E-state index in [-0.39, 0.29) is 0 Å². The van der Waals surface area contributed by atoms with Crippen molar-refractivity contribution >= 4 is 33.2 Å². The van der Waals surface area contributed by atoms with Gasteiger partial charge < -0.3 is 0 Å². The summed E-state index contributed by atoms with van der Waals surface area (Å²) in [5, 5.41) is 0.533. The van der Waals surface area contributed by atoms with Gasteiger partial charge in [-0.3, -0.25) is 0 Å². The number of benzene rings is 1. The van der Waals surface area contributed by atoms with E-state index in [1.807, 2.05) is 18.2 Å². The van der Waals surface area contributed by atoms with Gasteiger partial charge in [0.15, 0.2) is 0 Å². The van der Waals surface area contributed by atoms with E-state index in [1.165, 1.54) is 16.8 Å². The Morgan fingerprint density at radius 1 is 1.12 bits per heavy atom. The summed E-state index contributed by atoms with van der Waals surface area (Å²) < 4.78 is 0.963. The molecule has 0 fully saturated rings. The minimum absolute atomic E-state index is 0.533. The fourth-order valence-corrected chi connectivity index (χ4v) is 3.20. The van der Waals surface area contributed by atoms with E-state index in [2.05, 4.69) is 29.0 Å². The van der Waals surface area contributed by atoms with Crippen LogP contribution in [0.1, 0.15) is 4.88 Å². The second kappa shape index (κ2) is 4.09. The second-order valence-electron chi connectivity index (χ2n) is 3.74. The van der Waals surface area contributed by atoms with Gasteiger partial charge in [0, 0.05) is 10.4 Å². The van der Waals surface area contributed by atoms with Crippen LogP contribution in [-0.4, -0.2) is 9.97 Å². The van der Waals surface area contributed by atoms with Crippen molar-refractivity contribution in [2.75, 3.05) is 0 Å². The molecule has 0 unspecified atom stereocenters. The van der Waals surface area contributed by atoms with Gasteiger partial charge >= 0.3 is 0 Å². The lowest BCUT2D eigenvalue weighted by atomic mass is 10.1. The summed E-state index contributed by atoms with van der Waals surface area (Å²) in [5.41, 5.74) is 3.28. The van der Waals surface area contributed by atoms with Crippen LogP contribution in [0.15, 0.2) is 36.7 Å². The largest absolute Gasteiger partial charge is 0.235 e. The summed E-state index contributed by atoms with van der Waals surface area (Å²) in [7, 11) is 0. The van der Waals surface area contributed by atoms with Crippen LogP contribution < -0.4 is 0 Å². The molecule has 4 heteroatoms. The van der Waals surface area contributed by atoms with Crippen LogP contribution in [0.4, 0.5) is 0 Å². The minimum atomic E-state index is 0.533. The van der Waals surface area contributed by atoms with Crippen LogP contribution in [0, 0.1) is 6.92 Å². The van der Waals surface area contributed by atoms with Gasteiger partial charge in [0.05, 0.1) is 10.2 Å². The van der Waals surface area contributed by atoms with E-state index >= 15 is 0 Å². The molecular formula is C13H9ClN2S. The Kier molecular flexibility index (Phi) is 2.57. The third kappa shape index (κ3) is 1.72. The first-order valence-corrected chi connectivity index (χ1v) is 6.42. The van der Waals surface area contributed by atoms with E-state index in [1.54, 1.807) is 11.3 Å². The van der Waals surface area contributed by atoms with E-state index in [4.69, 9.17) is 11.6 Å². The highest BCUT2D eigenvalue weighted by Crippen LogP contribution is 2.39. The normalized spacial score (nSPS) is 10.9. The molecule has 0 amide bonds. The maximum absolute atomic E-state index is 6.09. The molecule has 3 aromatic rings. The monoisotopic (exact) mass is 260 g/mol. The van der Waals surface area contributed by atoms with Gasteiger partial charge in [-0.25, -0.2) is 9.97 Å². The molecule has 17 heavy (non-hydrogen) atoms. The van der Waals surface area contributed by atoms with Crippen LogP contribution in [0.5, 0.6) is 0 Å². The van der Waals surface area contributed by atoms with Crippen molar-refractivity contribution in [3.05, 3.63) is 46.7 Å². The molecule has 0 aliphatic rings. The lowest BCUT2D eigenvalue weighted by molar-refractivity contribution is 1.23. The zero-order chi connectivity index (χ0) is 11.8. The smallest absolute Gasteiger partial charge is 0.150 e. The molecule has 3 rings (SSSR count). The van der Waals surface area contributed by atoms with Crippen molar-refractivity contribution in [3.63, 3.8) is 0 Å². The maximum atomic E-state index is 6.09. The summed E-state index contributed by atoms with van der Waals surface area (Å²) >= 11 is 7.73. The zero-order valence-corrected chi connectivity index (χ0v) is 10.7. The Hall–Kier alpha value is -1.45. The number of aryl methyl sites for hydroxylation is 1. The fraction of sp³-hybridized carbons (Fsp3) is 0.0769. The number of rotatable bonds is 1. The fourth-order valence-electron chi connectivity index (χ4n) is 1.94. The van der Waals surface area contributed by atoms with Crippen LogP contribution >= 0.6 is 22.9 Å². The van der Waals surface area contributed by atoms with Crippen molar-refractivity contribution in [2.45, 2.75) is 6.92 Å². The van der Waals surface area contributed by atoms with E-state index in [0.717, 1.165) is 15.8 Å². The highest BCUT2D eigenvalue weighted by atomic mass is 35.5. The average Bonchev–Trinajstić information content (AvgIpc) is 2.68. The Bertz CT molecular complexity index is 676. The Morgan fingerprint density at radius 3 is 2.65 bits per heavy atom. The molecule has 2 nitrogen and oxygen atoms in total. The molecule has 0 saturated carbocycles. The molecule has 0 aliphatic carbocycles. The highest BCUT2D eigenvalue weighted by molar-refractivity contribution is 7.20. The van der Waals surface area contributed by atoms with Crippen molar-refractivity contribution < 1.29 is 0 Å². The molecule has 2 heterocycles. The molecule has 0 saturated heterocycles. The number of fused-ring (bicyclic) bond motifs is 1. The molecule has 1 aromatic carbocycles. The number of thiophene rings is 1. The summed E-state index contributed by atoms with van der Waals surface area (Å²) in [6, 6.07) is 10.2. The van der Waals surface area contributed by atoms with Crippen LogP contribution in [0.2, 0.25) is 5.15 Å². The first kappa shape index (κ1) is 10.7. The standard InChI is InChI=1S/C13H9ClN2S/c1-8-10(9-5-3-2-4-6-9)11-12(17-8)13(14)16-7-15-11/h2-7H,1H3. The SMILES string of the molecule is Cc1sc2c(Cl)ncnc2c1-c1ccccc1. The molecule has 0 radical (unpaired) electrons. The maximum Gasteiger partial charge on any atom is 0.150 e. The van der Waals surface area contributed by atoms with Crippen molar-refractivity contribution in [1.82, 2.24) is 9.97 Å². The summed E-state index contributed by atoms with van der Waals surface area (Å²) in [6.07, 6.45) is 1.52. The average molecular weight is 261 g/mol. The first-order valence-electron chi connectivity index (χ1n) is 5.22. The molecular weight excluding hydrogens is 252 g/mol. The molecule has 0 atom stereocenters. The topological polar surface area (TPSA) is 25.8 Å². The van der Waals surface area contributed by atoms with Crippen molar-refractivity contribution in [1.29, 1.82) is 0 Å². The van der Waals surface area contributed by atoms with Crippen LogP contribution in [0.3, 0.4) is 0 Å². The van der Waals surface area contributed by atoms with Crippen molar-refractivity contribution in [2.24, 2.45) is 0 Å². The molecule has 0 spiro atoms. The Morgan fingerprint density at radius 2 is 1.88 bits per heavy atom. The predicted octanol–water partition coefficient (Wildman–Crippen LogP) is 4.32. The Balaban J connectivity index is 2.37. The molecule has 84 valence electrons. The van der Waals surface area contributed by atoms with Gasteiger partial charge in [0.2, 0.25) is 0 Å². The van der Waals surface area contributed by atoms with Gasteiger partial charge in [-0.1, -0.05) is 41.9 Å². The van der Waals surface area contributed by atoms with Gasteiger partial charge in [0.25, 0.3) is 0 Å². The molecule has 2 aromatic heterocycles. The number of hydrogen-bond acceptors (Lipinski definition) is 3. The third-order valence-corrected chi connectivity index (χ3v) is 4.17. The summed E-state index contributed by atoms with van der Waals surface area (Å²) in [4.78, 5) is 9.59. The highest BCUT2D eigenvalue weighted by Gasteiger charge is 2.14. The molecule has 0 bridgehead atoms. The Labute approximate surface area is 108 Å². The van der Waals surface area contributed by atoms with Gasteiger partial charge in [-0.15, -0.1) is 11.3 Å². The predicted molar refractivity (Wildman–Crippen MR) is 72.6 cm³/mol. The zero-order valence-electron chi connectivity index (χ0n) is 9.14. The summed E-state index contributed by atoms with van der Waals surface area (Å²) in [5.74, 6) is 0. The van der Waals surface area contributed by atoms with E-state index in [0.29, 0.717) is 5.15 Å². The number of nitrogens with zero attached hydrogens (tertiary/aromatic N) is 2. The van der Waals surface area contributed by atoms with Crippen LogP contribution in [-0.2, 0) is 0 Å². The lowest BCUT2D eigenvalue weighted by Gasteiger charge is -2.00. The molecule has 0 aliphatic heterocycles. The van der Waals surface area contributed by atoms with E-state index in [9.17, 15) is 0 Å². The molecule has 0 N–H and O–H groups in total. The number of halogens is 1.